The van der Waals surface area contributed by atoms with Gasteiger partial charge in [-0.1, -0.05) is 69.3 Å². The topological polar surface area (TPSA) is 97.7 Å². The summed E-state index contributed by atoms with van der Waals surface area (Å²) in [7, 11) is 1.00. The zero-order chi connectivity index (χ0) is 25.8. The predicted molar refractivity (Wildman–Crippen MR) is 150 cm³/mol. The number of aliphatic hydroxyl groups is 1. The number of rotatable bonds is 9. The lowest BCUT2D eigenvalue weighted by molar-refractivity contribution is 0.399. The van der Waals surface area contributed by atoms with Crippen LogP contribution >= 0.6 is 12.6 Å². The molecule has 0 aliphatic rings. The average molecular weight is 480 g/mol. The second-order valence-electron chi connectivity index (χ2n) is 6.30. The summed E-state index contributed by atoms with van der Waals surface area (Å²) in [5, 5.41) is 26.3. The van der Waals surface area contributed by atoms with Gasteiger partial charge in [0.05, 0.1) is 10.7 Å². The first-order valence-electron chi connectivity index (χ1n) is 11.2. The van der Waals surface area contributed by atoms with E-state index >= 15 is 0 Å². The Labute approximate surface area is 210 Å². The maximum atomic E-state index is 9.57. The first-order valence-corrected chi connectivity index (χ1v) is 11.6. The minimum atomic E-state index is 0.309. The Morgan fingerprint density at radius 3 is 2.35 bits per heavy atom. The van der Waals surface area contributed by atoms with Crippen molar-refractivity contribution in [3.8, 4) is 6.07 Å². The summed E-state index contributed by atoms with van der Waals surface area (Å²) < 4.78 is 0. The van der Waals surface area contributed by atoms with Crippen LogP contribution < -0.4 is 16.1 Å². The summed E-state index contributed by atoms with van der Waals surface area (Å²) in [6.45, 7) is 7.94. The Kier molecular flexibility index (Phi) is 17.1. The molecule has 4 N–H and O–H groups in total. The van der Waals surface area contributed by atoms with Gasteiger partial charge in [0.2, 0.25) is 0 Å². The van der Waals surface area contributed by atoms with Crippen LogP contribution in [0.1, 0.15) is 39.7 Å². The zero-order valence-corrected chi connectivity index (χ0v) is 21.6. The van der Waals surface area contributed by atoms with Crippen LogP contribution in [0.25, 0.3) is 0 Å². The van der Waals surface area contributed by atoms with Crippen molar-refractivity contribution in [2.45, 2.75) is 40.5 Å². The average Bonchev–Trinajstić information content (AvgIpc) is 2.89. The zero-order valence-electron chi connectivity index (χ0n) is 20.7. The van der Waals surface area contributed by atoms with Gasteiger partial charge in [0.1, 0.15) is 11.6 Å². The van der Waals surface area contributed by atoms with Gasteiger partial charge in [0.15, 0.2) is 0 Å². The second-order valence-corrected chi connectivity index (χ2v) is 6.75. The normalized spacial score (nSPS) is 11.5. The number of hydrazone groups is 1. The summed E-state index contributed by atoms with van der Waals surface area (Å²) >= 11 is 4.47. The van der Waals surface area contributed by atoms with Gasteiger partial charge in [-0.3, -0.25) is 0 Å². The van der Waals surface area contributed by atoms with Crippen LogP contribution in [0.2, 0.25) is 0 Å². The molecule has 2 aromatic carbocycles. The maximum Gasteiger partial charge on any atom is 0.104 e. The molecular formula is C27H37N5OS. The molecule has 0 saturated heterocycles. The van der Waals surface area contributed by atoms with Gasteiger partial charge < -0.3 is 16.2 Å². The molecule has 2 aromatic rings. The lowest BCUT2D eigenvalue weighted by atomic mass is 10.1. The molecule has 0 amide bonds. The monoisotopic (exact) mass is 479 g/mol. The quantitative estimate of drug-likeness (QED) is 0.113. The lowest BCUT2D eigenvalue weighted by Gasteiger charge is -2.13. The number of nitrogens with two attached hydrogens (primary N) is 1. The molecular weight excluding hydrogens is 442 g/mol. The summed E-state index contributed by atoms with van der Waals surface area (Å²) in [4.78, 5) is 0. The highest BCUT2D eigenvalue weighted by atomic mass is 32.1. The molecule has 0 radical (unpaired) electrons. The van der Waals surface area contributed by atoms with Crippen LogP contribution in [0.3, 0.4) is 0 Å². The minimum absolute atomic E-state index is 0.309. The number of allylic oxidation sites excluding steroid dienone is 3. The number of anilines is 2. The van der Waals surface area contributed by atoms with E-state index in [0.29, 0.717) is 22.7 Å². The molecule has 0 unspecified atom stereocenters. The fraction of sp³-hybridized carbons (Fsp3) is 0.259. The first-order chi connectivity index (χ1) is 16.6. The smallest absolute Gasteiger partial charge is 0.104 e. The SMILES string of the molecule is C/C=N\N(/C=C/C/C=C(N)/C(C#N)=C(\S)Nc1ccccc1CC)c1ccccc1.CC.CO. The van der Waals surface area contributed by atoms with Gasteiger partial charge in [-0.15, -0.1) is 12.6 Å². The van der Waals surface area contributed by atoms with Gasteiger partial charge in [-0.05, 0) is 43.5 Å². The molecule has 0 saturated carbocycles. The van der Waals surface area contributed by atoms with Gasteiger partial charge in [0.25, 0.3) is 0 Å². The van der Waals surface area contributed by atoms with E-state index in [1.807, 2.05) is 87.6 Å². The van der Waals surface area contributed by atoms with Crippen molar-refractivity contribution in [2.75, 3.05) is 17.4 Å². The summed E-state index contributed by atoms with van der Waals surface area (Å²) in [5.41, 5.74) is 9.86. The molecule has 7 heteroatoms. The fourth-order valence-electron chi connectivity index (χ4n) is 2.75. The second kappa shape index (κ2) is 19.0. The van der Waals surface area contributed by atoms with Crippen LogP contribution in [0.5, 0.6) is 0 Å². The molecule has 0 atom stereocenters. The number of nitriles is 1. The number of nitrogens with one attached hydrogen (secondary N) is 1. The molecule has 0 bridgehead atoms. The summed E-state index contributed by atoms with van der Waals surface area (Å²) in [6.07, 6.45) is 8.74. The standard InChI is InChI=1S/C24H27N5S.C2H6.CH4O/c1-3-19-12-8-9-16-23(19)28-24(30)21(18-25)22(26)15-10-11-17-29(27-4-2)20-13-6-5-7-14-20;2*1-2/h4-9,11-17,28,30H,3,10,26H2,1-2H3;1-2H3;2H,1H3/b17-11+,22-15-,24-21-,27-4-;;. The Hall–Kier alpha value is -3.47. The number of benzene rings is 2. The van der Waals surface area contributed by atoms with E-state index in [1.54, 1.807) is 17.3 Å². The van der Waals surface area contributed by atoms with Crippen molar-refractivity contribution in [2.24, 2.45) is 10.8 Å². The lowest BCUT2D eigenvalue weighted by Crippen LogP contribution is -2.07. The molecule has 2 rings (SSSR count). The number of hydrogen-bond acceptors (Lipinski definition) is 7. The Bertz CT molecular complexity index is 992. The van der Waals surface area contributed by atoms with Crippen molar-refractivity contribution in [1.82, 2.24) is 0 Å². The molecule has 0 heterocycles. The van der Waals surface area contributed by atoms with Crippen LogP contribution in [0.15, 0.2) is 94.3 Å². The molecule has 6 nitrogen and oxygen atoms in total. The fourth-order valence-corrected chi connectivity index (χ4v) is 3.05. The van der Waals surface area contributed by atoms with Gasteiger partial charge in [-0.25, -0.2) is 5.01 Å². The highest BCUT2D eigenvalue weighted by molar-refractivity contribution is 7.84. The van der Waals surface area contributed by atoms with E-state index in [9.17, 15) is 5.26 Å². The van der Waals surface area contributed by atoms with E-state index in [0.717, 1.165) is 30.5 Å². The minimum Gasteiger partial charge on any atom is -0.400 e. The van der Waals surface area contributed by atoms with Crippen LogP contribution in [0.4, 0.5) is 11.4 Å². The van der Waals surface area contributed by atoms with Crippen LogP contribution in [0, 0.1) is 11.3 Å². The summed E-state index contributed by atoms with van der Waals surface area (Å²) in [5.74, 6) is 0. The number of aliphatic hydroxyl groups excluding tert-OH is 1. The maximum absolute atomic E-state index is 9.57. The number of para-hydroxylation sites is 2. The largest absolute Gasteiger partial charge is 0.400 e. The number of hydrogen-bond donors (Lipinski definition) is 4. The van der Waals surface area contributed by atoms with Crippen LogP contribution in [-0.2, 0) is 6.42 Å². The van der Waals surface area contributed by atoms with E-state index in [2.05, 4.69) is 36.0 Å². The third-order valence-corrected chi connectivity index (χ3v) is 4.61. The third kappa shape index (κ3) is 10.4. The molecule has 0 spiro atoms. The van der Waals surface area contributed by atoms with E-state index < -0.39 is 0 Å². The van der Waals surface area contributed by atoms with Crippen molar-refractivity contribution in [3.05, 3.63) is 94.8 Å². The Morgan fingerprint density at radius 1 is 1.15 bits per heavy atom. The van der Waals surface area contributed by atoms with Crippen molar-refractivity contribution in [1.29, 1.82) is 5.26 Å². The molecule has 0 fully saturated rings. The first kappa shape index (κ1) is 30.5. The molecule has 34 heavy (non-hydrogen) atoms. The third-order valence-electron chi connectivity index (χ3n) is 4.27. The Balaban J connectivity index is 0.00000258. The van der Waals surface area contributed by atoms with Gasteiger partial charge >= 0.3 is 0 Å². The highest BCUT2D eigenvalue weighted by Gasteiger charge is 2.08. The van der Waals surface area contributed by atoms with E-state index in [1.165, 1.54) is 0 Å². The molecule has 0 aliphatic heterocycles. The van der Waals surface area contributed by atoms with E-state index in [-0.39, 0.29) is 0 Å². The number of thiol groups is 1. The van der Waals surface area contributed by atoms with Gasteiger partial charge in [-0.2, -0.15) is 10.4 Å². The highest BCUT2D eigenvalue weighted by Crippen LogP contribution is 2.22. The molecule has 0 aromatic heterocycles. The van der Waals surface area contributed by atoms with E-state index in [4.69, 9.17) is 10.8 Å². The Morgan fingerprint density at radius 2 is 1.76 bits per heavy atom. The summed E-state index contributed by atoms with van der Waals surface area (Å²) in [6, 6.07) is 19.9. The number of aryl methyl sites for hydroxylation is 1. The predicted octanol–water partition coefficient (Wildman–Crippen LogP) is 6.22. The van der Waals surface area contributed by atoms with Crippen molar-refractivity contribution >= 4 is 30.2 Å². The molecule has 182 valence electrons. The van der Waals surface area contributed by atoms with Crippen molar-refractivity contribution < 1.29 is 5.11 Å². The van der Waals surface area contributed by atoms with Crippen molar-refractivity contribution in [3.63, 3.8) is 0 Å². The number of nitrogens with zero attached hydrogens (tertiary/aromatic N) is 3. The van der Waals surface area contributed by atoms with Gasteiger partial charge in [0, 0.05) is 30.9 Å². The van der Waals surface area contributed by atoms with Crippen LogP contribution in [-0.4, -0.2) is 18.4 Å². The molecule has 0 aliphatic carbocycles.